The molecule has 11 heavy (non-hydrogen) atoms. The van der Waals surface area contributed by atoms with Crippen molar-refractivity contribution in [2.75, 3.05) is 0 Å². The molecule has 1 fully saturated rings. The fourth-order valence-electron chi connectivity index (χ4n) is 1.17. The van der Waals surface area contributed by atoms with Crippen LogP contribution in [0.5, 0.6) is 0 Å². The van der Waals surface area contributed by atoms with Crippen molar-refractivity contribution in [3.8, 4) is 0 Å². The zero-order chi connectivity index (χ0) is 8.43. The first kappa shape index (κ1) is 8.97. The van der Waals surface area contributed by atoms with E-state index >= 15 is 0 Å². The van der Waals surface area contributed by atoms with Crippen molar-refractivity contribution in [2.45, 2.75) is 40.0 Å². The predicted octanol–water partition coefficient (Wildman–Crippen LogP) is 0.648. The largest absolute Gasteiger partial charge is 0.284 e. The molecule has 0 aromatic carbocycles. The van der Waals surface area contributed by atoms with Crippen molar-refractivity contribution in [3.63, 3.8) is 0 Å². The maximum Gasteiger partial charge on any atom is 0.0740 e. The fraction of sp³-hybridized carbons (Fsp3) is 1.00. The Morgan fingerprint density at radius 1 is 0.818 bits per heavy atom. The van der Waals surface area contributed by atoms with Gasteiger partial charge in [0.1, 0.15) is 0 Å². The summed E-state index contributed by atoms with van der Waals surface area (Å²) in [5.41, 5.74) is 6.45. The third-order valence-electron chi connectivity index (χ3n) is 2.09. The minimum atomic E-state index is 0.419. The Bertz CT molecular complexity index is 109. The molecule has 3 N–H and O–H groups in total. The van der Waals surface area contributed by atoms with Gasteiger partial charge in [0.25, 0.3) is 0 Å². The van der Waals surface area contributed by atoms with E-state index in [-0.39, 0.29) is 0 Å². The molecule has 0 spiro atoms. The number of rotatable bonds is 2. The molecule has 0 aliphatic carbocycles. The van der Waals surface area contributed by atoms with Crippen molar-refractivity contribution in [3.05, 3.63) is 0 Å². The standard InChI is InChI=1S/C8H19N3/c1-5(2)7-9-8(6(3)4)11-10-7/h5-11H,1-4H3. The van der Waals surface area contributed by atoms with E-state index in [1.165, 1.54) is 0 Å². The van der Waals surface area contributed by atoms with Crippen LogP contribution in [-0.4, -0.2) is 12.3 Å². The number of hydrogen-bond donors (Lipinski definition) is 3. The highest BCUT2D eigenvalue weighted by molar-refractivity contribution is 4.80. The van der Waals surface area contributed by atoms with Gasteiger partial charge in [-0.25, -0.2) is 10.9 Å². The highest BCUT2D eigenvalue weighted by Crippen LogP contribution is 2.07. The summed E-state index contributed by atoms with van der Waals surface area (Å²) in [6.45, 7) is 8.81. The van der Waals surface area contributed by atoms with E-state index in [0.717, 1.165) is 0 Å². The van der Waals surface area contributed by atoms with Crippen LogP contribution < -0.4 is 16.2 Å². The number of hydrazine groups is 1. The third-order valence-corrected chi connectivity index (χ3v) is 2.09. The van der Waals surface area contributed by atoms with E-state index in [0.29, 0.717) is 24.2 Å². The summed E-state index contributed by atoms with van der Waals surface area (Å²) in [5.74, 6) is 1.26. The van der Waals surface area contributed by atoms with Gasteiger partial charge in [-0.15, -0.1) is 0 Å². The summed E-state index contributed by atoms with van der Waals surface area (Å²) in [6, 6.07) is 0. The molecule has 1 aliphatic rings. The second-order valence-corrected chi connectivity index (χ2v) is 3.90. The molecular weight excluding hydrogens is 138 g/mol. The van der Waals surface area contributed by atoms with Crippen LogP contribution in [-0.2, 0) is 0 Å². The number of nitrogens with one attached hydrogen (secondary N) is 3. The van der Waals surface area contributed by atoms with Crippen LogP contribution in [0.2, 0.25) is 0 Å². The van der Waals surface area contributed by atoms with Gasteiger partial charge in [0.15, 0.2) is 0 Å². The number of hydrogen-bond acceptors (Lipinski definition) is 3. The summed E-state index contributed by atoms with van der Waals surface area (Å²) < 4.78 is 0. The van der Waals surface area contributed by atoms with Gasteiger partial charge >= 0.3 is 0 Å². The maximum atomic E-state index is 3.47. The molecule has 1 saturated heterocycles. The summed E-state index contributed by atoms with van der Waals surface area (Å²) in [6.07, 6.45) is 0.838. The summed E-state index contributed by atoms with van der Waals surface area (Å²) >= 11 is 0. The molecule has 0 bridgehead atoms. The first-order valence-electron chi connectivity index (χ1n) is 4.38. The van der Waals surface area contributed by atoms with Crippen LogP contribution in [0.1, 0.15) is 27.7 Å². The molecule has 0 aromatic rings. The molecule has 2 atom stereocenters. The third kappa shape index (κ3) is 2.15. The monoisotopic (exact) mass is 157 g/mol. The van der Waals surface area contributed by atoms with Crippen LogP contribution in [0.25, 0.3) is 0 Å². The molecule has 3 heteroatoms. The summed E-state index contributed by atoms with van der Waals surface area (Å²) in [5, 5.41) is 3.47. The van der Waals surface area contributed by atoms with Crippen LogP contribution >= 0.6 is 0 Å². The van der Waals surface area contributed by atoms with Crippen molar-refractivity contribution >= 4 is 0 Å². The minimum Gasteiger partial charge on any atom is -0.284 e. The van der Waals surface area contributed by atoms with Crippen molar-refractivity contribution < 1.29 is 0 Å². The van der Waals surface area contributed by atoms with E-state index < -0.39 is 0 Å². The Kier molecular flexibility index (Phi) is 2.87. The lowest BCUT2D eigenvalue weighted by molar-refractivity contribution is 0.373. The quantitative estimate of drug-likeness (QED) is 0.551. The van der Waals surface area contributed by atoms with Crippen LogP contribution in [0.4, 0.5) is 0 Å². The lowest BCUT2D eigenvalue weighted by Gasteiger charge is -2.16. The Morgan fingerprint density at radius 3 is 1.36 bits per heavy atom. The SMILES string of the molecule is CC(C)C1NNC(C(C)C)N1. The second kappa shape index (κ2) is 3.52. The van der Waals surface area contributed by atoms with Crippen molar-refractivity contribution in [2.24, 2.45) is 11.8 Å². The smallest absolute Gasteiger partial charge is 0.0740 e. The topological polar surface area (TPSA) is 36.1 Å². The van der Waals surface area contributed by atoms with Gasteiger partial charge in [-0.3, -0.25) is 5.32 Å². The van der Waals surface area contributed by atoms with Crippen molar-refractivity contribution in [1.82, 2.24) is 16.2 Å². The van der Waals surface area contributed by atoms with E-state index in [4.69, 9.17) is 0 Å². The molecule has 0 amide bonds. The lowest BCUT2D eigenvalue weighted by atomic mass is 10.1. The van der Waals surface area contributed by atoms with E-state index in [2.05, 4.69) is 43.9 Å². The Balaban J connectivity index is 2.35. The van der Waals surface area contributed by atoms with Gasteiger partial charge in [0, 0.05) is 0 Å². The molecule has 0 saturated carbocycles. The molecule has 0 radical (unpaired) electrons. The van der Waals surface area contributed by atoms with Gasteiger partial charge in [0.05, 0.1) is 12.3 Å². The molecule has 0 aromatic heterocycles. The molecular formula is C8H19N3. The Labute approximate surface area is 68.9 Å². The van der Waals surface area contributed by atoms with Crippen LogP contribution in [0.3, 0.4) is 0 Å². The Morgan fingerprint density at radius 2 is 1.18 bits per heavy atom. The Hall–Kier alpha value is -0.120. The molecule has 1 heterocycles. The average molecular weight is 157 g/mol. The zero-order valence-corrected chi connectivity index (χ0v) is 7.81. The normalized spacial score (nSPS) is 32.2. The lowest BCUT2D eigenvalue weighted by Crippen LogP contribution is -2.39. The predicted molar refractivity (Wildman–Crippen MR) is 46.7 cm³/mol. The van der Waals surface area contributed by atoms with E-state index in [1.807, 2.05) is 0 Å². The average Bonchev–Trinajstić information content (AvgIpc) is 2.33. The van der Waals surface area contributed by atoms with Gasteiger partial charge in [0.2, 0.25) is 0 Å². The summed E-state index contributed by atoms with van der Waals surface area (Å²) in [4.78, 5) is 0. The van der Waals surface area contributed by atoms with Crippen LogP contribution in [0, 0.1) is 11.8 Å². The second-order valence-electron chi connectivity index (χ2n) is 3.90. The van der Waals surface area contributed by atoms with Gasteiger partial charge in [-0.2, -0.15) is 0 Å². The van der Waals surface area contributed by atoms with Crippen molar-refractivity contribution in [1.29, 1.82) is 0 Å². The molecule has 66 valence electrons. The first-order chi connectivity index (χ1) is 5.11. The maximum absolute atomic E-state index is 3.47. The highest BCUT2D eigenvalue weighted by atomic mass is 15.5. The van der Waals surface area contributed by atoms with Gasteiger partial charge in [-0.05, 0) is 11.8 Å². The molecule has 1 aliphatic heterocycles. The molecule has 1 rings (SSSR count). The van der Waals surface area contributed by atoms with E-state index in [9.17, 15) is 0 Å². The summed E-state index contributed by atoms with van der Waals surface area (Å²) in [7, 11) is 0. The van der Waals surface area contributed by atoms with Gasteiger partial charge < -0.3 is 0 Å². The van der Waals surface area contributed by atoms with E-state index in [1.54, 1.807) is 0 Å². The zero-order valence-electron chi connectivity index (χ0n) is 7.81. The fourth-order valence-corrected chi connectivity index (χ4v) is 1.17. The minimum absolute atomic E-state index is 0.419. The first-order valence-corrected chi connectivity index (χ1v) is 4.38. The highest BCUT2D eigenvalue weighted by Gasteiger charge is 2.26. The van der Waals surface area contributed by atoms with Crippen LogP contribution in [0.15, 0.2) is 0 Å². The molecule has 3 nitrogen and oxygen atoms in total. The van der Waals surface area contributed by atoms with Gasteiger partial charge in [-0.1, -0.05) is 27.7 Å². The molecule has 2 unspecified atom stereocenters.